The summed E-state index contributed by atoms with van der Waals surface area (Å²) in [4.78, 5) is 9.61. The van der Waals surface area contributed by atoms with Crippen LogP contribution in [0.5, 0.6) is 0 Å². The second kappa shape index (κ2) is 8.30. The zero-order valence-corrected chi connectivity index (χ0v) is 19.7. The van der Waals surface area contributed by atoms with Gasteiger partial charge in [-0.15, -0.1) is 0 Å². The SMILES string of the molecule is CS(=O)(=O)c1ccc(-c2c(-c3ccc(Cl)cc3)nc3ncc(-c4cccc(Cl)c4)cn23)cc1. The zero-order valence-electron chi connectivity index (χ0n) is 17.4. The summed E-state index contributed by atoms with van der Waals surface area (Å²) in [5.41, 5.74) is 5.00. The molecule has 5 nitrogen and oxygen atoms in total. The van der Waals surface area contributed by atoms with Crippen LogP contribution in [-0.2, 0) is 9.84 Å². The molecule has 0 amide bonds. The summed E-state index contributed by atoms with van der Waals surface area (Å²) in [6.07, 6.45) is 4.91. The van der Waals surface area contributed by atoms with E-state index in [4.69, 9.17) is 28.2 Å². The number of aromatic nitrogens is 3. The van der Waals surface area contributed by atoms with Gasteiger partial charge in [0.25, 0.3) is 0 Å². The van der Waals surface area contributed by atoms with Gasteiger partial charge in [0.1, 0.15) is 0 Å². The van der Waals surface area contributed by atoms with E-state index in [-0.39, 0.29) is 4.90 Å². The molecule has 0 aliphatic rings. The van der Waals surface area contributed by atoms with E-state index in [0.29, 0.717) is 15.8 Å². The van der Waals surface area contributed by atoms with Gasteiger partial charge in [-0.05, 0) is 42.0 Å². The van der Waals surface area contributed by atoms with Crippen LogP contribution in [0.25, 0.3) is 39.4 Å². The van der Waals surface area contributed by atoms with Crippen LogP contribution >= 0.6 is 23.2 Å². The Labute approximate surface area is 201 Å². The topological polar surface area (TPSA) is 64.3 Å². The summed E-state index contributed by atoms with van der Waals surface area (Å²) in [5.74, 6) is 0.521. The molecule has 0 aliphatic carbocycles. The molecule has 2 heterocycles. The Hall–Kier alpha value is -3.19. The van der Waals surface area contributed by atoms with Crippen molar-refractivity contribution in [3.63, 3.8) is 0 Å². The number of nitrogens with zero attached hydrogens (tertiary/aromatic N) is 3. The lowest BCUT2D eigenvalue weighted by Gasteiger charge is -2.08. The molecule has 33 heavy (non-hydrogen) atoms. The van der Waals surface area contributed by atoms with Gasteiger partial charge in [-0.3, -0.25) is 4.40 Å². The second-order valence-electron chi connectivity index (χ2n) is 7.64. The number of rotatable bonds is 4. The fraction of sp³-hybridized carbons (Fsp3) is 0.0400. The van der Waals surface area contributed by atoms with Crippen LogP contribution in [0.4, 0.5) is 0 Å². The average molecular weight is 494 g/mol. The summed E-state index contributed by atoms with van der Waals surface area (Å²) in [7, 11) is -3.31. The first-order chi connectivity index (χ1) is 15.8. The van der Waals surface area contributed by atoms with E-state index in [2.05, 4.69) is 4.98 Å². The summed E-state index contributed by atoms with van der Waals surface area (Å²) in [6, 6.07) is 21.7. The monoisotopic (exact) mass is 493 g/mol. The third-order valence-corrected chi connectivity index (χ3v) is 6.93. The van der Waals surface area contributed by atoms with E-state index in [1.54, 1.807) is 30.5 Å². The van der Waals surface area contributed by atoms with Gasteiger partial charge in [-0.2, -0.15) is 0 Å². The minimum atomic E-state index is -3.31. The molecule has 0 unspecified atom stereocenters. The van der Waals surface area contributed by atoms with Crippen LogP contribution in [0.1, 0.15) is 0 Å². The molecular formula is C25H17Cl2N3O2S. The Morgan fingerprint density at radius 1 is 0.788 bits per heavy atom. The third kappa shape index (κ3) is 4.25. The molecule has 3 aromatic carbocycles. The lowest BCUT2D eigenvalue weighted by Crippen LogP contribution is -1.97. The largest absolute Gasteiger partial charge is 0.282 e. The van der Waals surface area contributed by atoms with Crippen molar-refractivity contribution >= 4 is 38.8 Å². The molecule has 0 fully saturated rings. The van der Waals surface area contributed by atoms with Gasteiger partial charge in [0, 0.05) is 45.4 Å². The second-order valence-corrected chi connectivity index (χ2v) is 10.5. The van der Waals surface area contributed by atoms with Crippen molar-refractivity contribution in [1.29, 1.82) is 0 Å². The first-order valence-electron chi connectivity index (χ1n) is 10.00. The van der Waals surface area contributed by atoms with Gasteiger partial charge < -0.3 is 0 Å². The fourth-order valence-electron chi connectivity index (χ4n) is 3.70. The molecular weight excluding hydrogens is 477 g/mol. The predicted molar refractivity (Wildman–Crippen MR) is 132 cm³/mol. The zero-order chi connectivity index (χ0) is 23.2. The van der Waals surface area contributed by atoms with Crippen LogP contribution in [-0.4, -0.2) is 29.0 Å². The molecule has 0 spiro atoms. The number of halogens is 2. The minimum Gasteiger partial charge on any atom is -0.282 e. The predicted octanol–water partition coefficient (Wildman–Crippen LogP) is 6.44. The van der Waals surface area contributed by atoms with Gasteiger partial charge >= 0.3 is 0 Å². The molecule has 0 atom stereocenters. The summed E-state index contributed by atoms with van der Waals surface area (Å²) >= 11 is 12.3. The first kappa shape index (κ1) is 21.6. The van der Waals surface area contributed by atoms with Crippen LogP contribution < -0.4 is 0 Å². The smallest absolute Gasteiger partial charge is 0.234 e. The molecule has 0 radical (unpaired) electrons. The summed E-state index contributed by atoms with van der Waals surface area (Å²) in [5, 5.41) is 1.26. The maximum atomic E-state index is 11.9. The summed E-state index contributed by atoms with van der Waals surface area (Å²) < 4.78 is 25.8. The molecule has 2 aromatic heterocycles. The van der Waals surface area contributed by atoms with Crippen molar-refractivity contribution in [3.8, 4) is 33.6 Å². The van der Waals surface area contributed by atoms with Crippen LogP contribution in [0, 0.1) is 0 Å². The van der Waals surface area contributed by atoms with Gasteiger partial charge in [-0.25, -0.2) is 18.4 Å². The van der Waals surface area contributed by atoms with Crippen molar-refractivity contribution < 1.29 is 8.42 Å². The lowest BCUT2D eigenvalue weighted by molar-refractivity contribution is 0.602. The number of fused-ring (bicyclic) bond motifs is 1. The highest BCUT2D eigenvalue weighted by Crippen LogP contribution is 2.34. The number of hydrogen-bond donors (Lipinski definition) is 0. The van der Waals surface area contributed by atoms with E-state index in [1.165, 1.54) is 6.26 Å². The lowest BCUT2D eigenvalue weighted by atomic mass is 10.0. The molecule has 8 heteroatoms. The van der Waals surface area contributed by atoms with E-state index in [0.717, 1.165) is 33.6 Å². The van der Waals surface area contributed by atoms with Crippen molar-refractivity contribution in [2.75, 3.05) is 6.26 Å². The molecule has 0 N–H and O–H groups in total. The Balaban J connectivity index is 1.76. The third-order valence-electron chi connectivity index (χ3n) is 5.31. The van der Waals surface area contributed by atoms with Crippen molar-refractivity contribution in [3.05, 3.63) is 95.2 Å². The highest BCUT2D eigenvalue weighted by atomic mass is 35.5. The number of imidazole rings is 1. The van der Waals surface area contributed by atoms with Gasteiger partial charge in [0.15, 0.2) is 9.84 Å². The quantitative estimate of drug-likeness (QED) is 0.288. The summed E-state index contributed by atoms with van der Waals surface area (Å²) in [6.45, 7) is 0. The fourth-order valence-corrected chi connectivity index (χ4v) is 4.64. The standard InChI is InChI=1S/C25H17Cl2N3O2S/c1-33(31,32)22-11-7-17(8-12-22)24-23(16-5-9-20(26)10-6-16)29-25-28-14-19(15-30(24)25)18-3-2-4-21(27)13-18/h2-15H,1H3. The van der Waals surface area contributed by atoms with Gasteiger partial charge in [0.2, 0.25) is 5.78 Å². The van der Waals surface area contributed by atoms with E-state index < -0.39 is 9.84 Å². The Morgan fingerprint density at radius 2 is 1.48 bits per heavy atom. The molecule has 0 bridgehead atoms. The Bertz CT molecular complexity index is 1590. The number of sulfone groups is 1. The van der Waals surface area contributed by atoms with Crippen molar-refractivity contribution in [1.82, 2.24) is 14.4 Å². The molecule has 0 saturated carbocycles. The van der Waals surface area contributed by atoms with Crippen molar-refractivity contribution in [2.45, 2.75) is 4.90 Å². The average Bonchev–Trinajstić information content (AvgIpc) is 3.18. The molecule has 164 valence electrons. The molecule has 0 saturated heterocycles. The molecule has 5 rings (SSSR count). The first-order valence-corrected chi connectivity index (χ1v) is 12.6. The highest BCUT2D eigenvalue weighted by molar-refractivity contribution is 7.90. The highest BCUT2D eigenvalue weighted by Gasteiger charge is 2.18. The molecule has 0 aliphatic heterocycles. The van der Waals surface area contributed by atoms with Gasteiger partial charge in [-0.1, -0.05) is 59.6 Å². The van der Waals surface area contributed by atoms with Crippen LogP contribution in [0.2, 0.25) is 10.0 Å². The van der Waals surface area contributed by atoms with E-state index in [1.807, 2.05) is 59.1 Å². The van der Waals surface area contributed by atoms with Crippen LogP contribution in [0.3, 0.4) is 0 Å². The number of hydrogen-bond acceptors (Lipinski definition) is 4. The Morgan fingerprint density at radius 3 is 2.15 bits per heavy atom. The maximum Gasteiger partial charge on any atom is 0.234 e. The van der Waals surface area contributed by atoms with E-state index in [9.17, 15) is 8.42 Å². The van der Waals surface area contributed by atoms with E-state index >= 15 is 0 Å². The van der Waals surface area contributed by atoms with Crippen molar-refractivity contribution in [2.24, 2.45) is 0 Å². The molecule has 5 aromatic rings. The van der Waals surface area contributed by atoms with Gasteiger partial charge in [0.05, 0.1) is 16.3 Å². The normalized spacial score (nSPS) is 11.7. The Kier molecular flexibility index (Phi) is 5.44. The van der Waals surface area contributed by atoms with Crippen LogP contribution in [0.15, 0.2) is 90.1 Å². The minimum absolute atomic E-state index is 0.255. The maximum absolute atomic E-state index is 11.9. The number of benzene rings is 3.